The first-order valence-electron chi connectivity index (χ1n) is 7.32. The Labute approximate surface area is 127 Å². The van der Waals surface area contributed by atoms with Crippen LogP contribution in [0, 0.1) is 5.41 Å². The molecule has 0 fully saturated rings. The molecule has 0 aromatic heterocycles. The summed E-state index contributed by atoms with van der Waals surface area (Å²) in [6, 6.07) is 7.24. The van der Waals surface area contributed by atoms with Crippen LogP contribution in [-0.2, 0) is 0 Å². The molecule has 1 aromatic rings. The third-order valence-electron chi connectivity index (χ3n) is 3.27. The Balaban J connectivity index is 2.76. The molecule has 0 unspecified atom stereocenters. The summed E-state index contributed by atoms with van der Waals surface area (Å²) in [5, 5.41) is 2.91. The van der Waals surface area contributed by atoms with E-state index in [9.17, 15) is 4.79 Å². The zero-order chi connectivity index (χ0) is 15.9. The Bertz CT molecular complexity index is 461. The Morgan fingerprint density at radius 2 is 2.14 bits per heavy atom. The van der Waals surface area contributed by atoms with Crippen LogP contribution in [0.2, 0.25) is 0 Å². The highest BCUT2D eigenvalue weighted by molar-refractivity contribution is 5.89. The number of anilines is 1. The van der Waals surface area contributed by atoms with E-state index in [4.69, 9.17) is 10.5 Å². The van der Waals surface area contributed by atoms with Gasteiger partial charge in [0.25, 0.3) is 0 Å². The van der Waals surface area contributed by atoms with Crippen LogP contribution in [0.25, 0.3) is 0 Å². The summed E-state index contributed by atoms with van der Waals surface area (Å²) in [5.41, 5.74) is 6.40. The van der Waals surface area contributed by atoms with Gasteiger partial charge in [-0.1, -0.05) is 26.8 Å². The number of nitrogens with zero attached hydrogens (tertiary/aromatic N) is 1. The van der Waals surface area contributed by atoms with Gasteiger partial charge in [0.15, 0.2) is 0 Å². The maximum absolute atomic E-state index is 12.4. The van der Waals surface area contributed by atoms with Gasteiger partial charge in [-0.05, 0) is 30.5 Å². The van der Waals surface area contributed by atoms with Crippen molar-refractivity contribution in [2.24, 2.45) is 11.1 Å². The number of urea groups is 1. The molecule has 0 saturated heterocycles. The summed E-state index contributed by atoms with van der Waals surface area (Å²) in [5.74, 6) is 0.720. The number of hydrogen-bond donors (Lipinski definition) is 2. The summed E-state index contributed by atoms with van der Waals surface area (Å²) < 4.78 is 5.16. The molecule has 0 aliphatic heterocycles. The Morgan fingerprint density at radius 3 is 2.71 bits per heavy atom. The molecule has 3 N–H and O–H groups in total. The summed E-state index contributed by atoms with van der Waals surface area (Å²) in [6.45, 7) is 8.07. The quantitative estimate of drug-likeness (QED) is 0.812. The number of hydrogen-bond acceptors (Lipinski definition) is 3. The Kier molecular flexibility index (Phi) is 6.49. The highest BCUT2D eigenvalue weighted by Gasteiger charge is 2.23. The van der Waals surface area contributed by atoms with Crippen molar-refractivity contribution in [2.45, 2.75) is 27.2 Å². The molecule has 0 radical (unpaired) electrons. The third-order valence-corrected chi connectivity index (χ3v) is 3.27. The van der Waals surface area contributed by atoms with Crippen molar-refractivity contribution < 1.29 is 9.53 Å². The Morgan fingerprint density at radius 1 is 1.43 bits per heavy atom. The summed E-state index contributed by atoms with van der Waals surface area (Å²) in [6.07, 6.45) is 0.909. The molecule has 0 aliphatic carbocycles. The van der Waals surface area contributed by atoms with E-state index in [0.29, 0.717) is 19.6 Å². The van der Waals surface area contributed by atoms with Gasteiger partial charge in [-0.15, -0.1) is 0 Å². The van der Waals surface area contributed by atoms with Gasteiger partial charge in [0.1, 0.15) is 5.75 Å². The number of carbonyl (C=O) groups excluding carboxylic acids is 1. The molecule has 1 aromatic carbocycles. The molecule has 1 rings (SSSR count). The van der Waals surface area contributed by atoms with Crippen LogP contribution in [0.1, 0.15) is 27.2 Å². The average molecular weight is 293 g/mol. The molecule has 118 valence electrons. The third kappa shape index (κ3) is 5.63. The number of methoxy groups -OCH3 is 1. The lowest BCUT2D eigenvalue weighted by Gasteiger charge is -2.31. The van der Waals surface area contributed by atoms with Crippen molar-refractivity contribution >= 4 is 11.7 Å². The predicted octanol–water partition coefficient (Wildman–Crippen LogP) is 2.92. The van der Waals surface area contributed by atoms with Gasteiger partial charge >= 0.3 is 6.03 Å². The van der Waals surface area contributed by atoms with E-state index < -0.39 is 0 Å². The number of nitrogens with two attached hydrogens (primary N) is 1. The van der Waals surface area contributed by atoms with Gasteiger partial charge in [0.2, 0.25) is 0 Å². The number of ether oxygens (including phenoxy) is 1. The molecular formula is C16H27N3O2. The molecule has 5 nitrogen and oxygen atoms in total. The molecule has 0 bridgehead atoms. The van der Waals surface area contributed by atoms with Crippen LogP contribution in [0.5, 0.6) is 5.75 Å². The second-order valence-electron chi connectivity index (χ2n) is 5.95. The molecule has 0 saturated carbocycles. The van der Waals surface area contributed by atoms with Crippen LogP contribution in [0.3, 0.4) is 0 Å². The maximum atomic E-state index is 12.4. The number of amides is 2. The summed E-state index contributed by atoms with van der Waals surface area (Å²) in [4.78, 5) is 14.2. The lowest BCUT2D eigenvalue weighted by Crippen LogP contribution is -2.44. The largest absolute Gasteiger partial charge is 0.497 e. The summed E-state index contributed by atoms with van der Waals surface area (Å²) >= 11 is 0. The lowest BCUT2D eigenvalue weighted by molar-refractivity contribution is 0.181. The van der Waals surface area contributed by atoms with E-state index in [1.165, 1.54) is 0 Å². The van der Waals surface area contributed by atoms with E-state index in [0.717, 1.165) is 17.9 Å². The first-order chi connectivity index (χ1) is 9.91. The molecule has 2 amide bonds. The molecule has 0 spiro atoms. The van der Waals surface area contributed by atoms with Crippen LogP contribution in [-0.4, -0.2) is 37.7 Å². The topological polar surface area (TPSA) is 67.6 Å². The van der Waals surface area contributed by atoms with Gasteiger partial charge in [-0.25, -0.2) is 4.79 Å². The van der Waals surface area contributed by atoms with Crippen molar-refractivity contribution in [3.63, 3.8) is 0 Å². The van der Waals surface area contributed by atoms with Crippen LogP contribution < -0.4 is 15.8 Å². The SMILES string of the molecule is CCCN(CC(C)(C)CN)C(=O)Nc1cccc(OC)c1. The highest BCUT2D eigenvalue weighted by atomic mass is 16.5. The minimum absolute atomic E-state index is 0.0963. The van der Waals surface area contributed by atoms with E-state index >= 15 is 0 Å². The first kappa shape index (κ1) is 17.3. The van der Waals surface area contributed by atoms with E-state index in [-0.39, 0.29) is 11.4 Å². The van der Waals surface area contributed by atoms with Gasteiger partial charge in [-0.2, -0.15) is 0 Å². The smallest absolute Gasteiger partial charge is 0.321 e. The van der Waals surface area contributed by atoms with Gasteiger partial charge in [0.05, 0.1) is 7.11 Å². The van der Waals surface area contributed by atoms with E-state index in [1.54, 1.807) is 13.2 Å². The standard InChI is InChI=1S/C16H27N3O2/c1-5-9-19(12-16(2,3)11-17)15(20)18-13-7-6-8-14(10-13)21-4/h6-8,10H,5,9,11-12,17H2,1-4H3,(H,18,20). The number of rotatable bonds is 7. The zero-order valence-corrected chi connectivity index (χ0v) is 13.5. The minimum Gasteiger partial charge on any atom is -0.497 e. The zero-order valence-electron chi connectivity index (χ0n) is 13.5. The summed E-state index contributed by atoms with van der Waals surface area (Å²) in [7, 11) is 1.61. The Hall–Kier alpha value is -1.75. The van der Waals surface area contributed by atoms with Crippen molar-refractivity contribution in [2.75, 3.05) is 32.1 Å². The van der Waals surface area contributed by atoms with Crippen molar-refractivity contribution in [1.29, 1.82) is 0 Å². The fourth-order valence-electron chi connectivity index (χ4n) is 2.01. The van der Waals surface area contributed by atoms with Crippen LogP contribution >= 0.6 is 0 Å². The molecule has 0 atom stereocenters. The van der Waals surface area contributed by atoms with Crippen molar-refractivity contribution in [1.82, 2.24) is 4.90 Å². The van der Waals surface area contributed by atoms with E-state index in [2.05, 4.69) is 26.1 Å². The van der Waals surface area contributed by atoms with Crippen LogP contribution in [0.15, 0.2) is 24.3 Å². The first-order valence-corrected chi connectivity index (χ1v) is 7.32. The molecular weight excluding hydrogens is 266 g/mol. The number of carbonyl (C=O) groups is 1. The fraction of sp³-hybridized carbons (Fsp3) is 0.562. The van der Waals surface area contributed by atoms with E-state index in [1.807, 2.05) is 23.1 Å². The minimum atomic E-state index is -0.105. The average Bonchev–Trinajstić information content (AvgIpc) is 2.46. The monoisotopic (exact) mass is 293 g/mol. The van der Waals surface area contributed by atoms with Crippen molar-refractivity contribution in [3.8, 4) is 5.75 Å². The van der Waals surface area contributed by atoms with Gasteiger partial charge < -0.3 is 20.7 Å². The second kappa shape index (κ2) is 7.88. The molecule has 21 heavy (non-hydrogen) atoms. The highest BCUT2D eigenvalue weighted by Crippen LogP contribution is 2.19. The molecule has 0 heterocycles. The number of nitrogens with one attached hydrogen (secondary N) is 1. The number of benzene rings is 1. The van der Waals surface area contributed by atoms with Crippen LogP contribution in [0.4, 0.5) is 10.5 Å². The maximum Gasteiger partial charge on any atom is 0.321 e. The normalized spacial score (nSPS) is 11.1. The lowest BCUT2D eigenvalue weighted by atomic mass is 9.93. The van der Waals surface area contributed by atoms with Gasteiger partial charge in [-0.3, -0.25) is 0 Å². The van der Waals surface area contributed by atoms with Crippen molar-refractivity contribution in [3.05, 3.63) is 24.3 Å². The van der Waals surface area contributed by atoms with Gasteiger partial charge in [0, 0.05) is 24.8 Å². The second-order valence-corrected chi connectivity index (χ2v) is 5.95. The fourth-order valence-corrected chi connectivity index (χ4v) is 2.01. The molecule has 0 aliphatic rings. The molecule has 5 heteroatoms. The predicted molar refractivity (Wildman–Crippen MR) is 86.7 cm³/mol.